The van der Waals surface area contributed by atoms with Crippen LogP contribution < -0.4 is 0 Å². The molecule has 11 heavy (non-hydrogen) atoms. The number of nitriles is 1. The molecule has 3 heteroatoms. The van der Waals surface area contributed by atoms with E-state index in [0.29, 0.717) is 0 Å². The van der Waals surface area contributed by atoms with Crippen molar-refractivity contribution in [2.75, 3.05) is 20.1 Å². The van der Waals surface area contributed by atoms with Crippen LogP contribution >= 0.6 is 0 Å². The number of likely N-dealkylation sites (tertiary alicyclic amines) is 1. The third-order valence-electron chi connectivity index (χ3n) is 2.19. The van der Waals surface area contributed by atoms with Crippen molar-refractivity contribution < 1.29 is 4.79 Å². The summed E-state index contributed by atoms with van der Waals surface area (Å²) in [4.78, 5) is 13.0. The van der Waals surface area contributed by atoms with Crippen LogP contribution in [0.25, 0.3) is 0 Å². The molecule has 1 rings (SSSR count). The van der Waals surface area contributed by atoms with E-state index in [0.717, 1.165) is 13.1 Å². The first-order valence-corrected chi connectivity index (χ1v) is 3.73. The molecule has 1 heterocycles. The highest BCUT2D eigenvalue weighted by atomic mass is 16.1. The Morgan fingerprint density at radius 1 is 1.64 bits per heavy atom. The van der Waals surface area contributed by atoms with Crippen molar-refractivity contribution in [3.63, 3.8) is 0 Å². The molecule has 0 radical (unpaired) electrons. The van der Waals surface area contributed by atoms with Crippen molar-refractivity contribution in [1.82, 2.24) is 4.90 Å². The summed E-state index contributed by atoms with van der Waals surface area (Å²) >= 11 is 0. The van der Waals surface area contributed by atoms with Crippen LogP contribution in [0, 0.1) is 23.2 Å². The average molecular weight is 152 g/mol. The predicted molar refractivity (Wildman–Crippen MR) is 40.8 cm³/mol. The van der Waals surface area contributed by atoms with Gasteiger partial charge in [0.25, 0.3) is 0 Å². The van der Waals surface area contributed by atoms with Crippen molar-refractivity contribution in [2.24, 2.45) is 11.8 Å². The summed E-state index contributed by atoms with van der Waals surface area (Å²) < 4.78 is 0. The van der Waals surface area contributed by atoms with Gasteiger partial charge in [-0.15, -0.1) is 0 Å². The minimum Gasteiger partial charge on any atom is -0.304 e. The van der Waals surface area contributed by atoms with E-state index in [4.69, 9.17) is 5.26 Å². The number of carbonyl (C=O) groups is 1. The second-order valence-corrected chi connectivity index (χ2v) is 3.17. The molecule has 1 fully saturated rings. The molecule has 0 spiro atoms. The van der Waals surface area contributed by atoms with Gasteiger partial charge in [-0.2, -0.15) is 5.26 Å². The highest BCUT2D eigenvalue weighted by molar-refractivity contribution is 5.79. The fraction of sp³-hybridized carbons (Fsp3) is 0.750. The first-order chi connectivity index (χ1) is 5.15. The molecule has 0 aromatic rings. The van der Waals surface area contributed by atoms with Gasteiger partial charge < -0.3 is 4.90 Å². The van der Waals surface area contributed by atoms with Gasteiger partial charge in [-0.1, -0.05) is 0 Å². The van der Waals surface area contributed by atoms with Gasteiger partial charge in [-0.3, -0.25) is 4.79 Å². The quantitative estimate of drug-likeness (QED) is 0.542. The number of hydrogen-bond donors (Lipinski definition) is 0. The number of nitrogens with zero attached hydrogens (tertiary/aromatic N) is 2. The number of carbonyl (C=O) groups excluding carboxylic acids is 1. The normalized spacial score (nSPS) is 31.7. The van der Waals surface area contributed by atoms with Crippen LogP contribution in [0.4, 0.5) is 0 Å². The summed E-state index contributed by atoms with van der Waals surface area (Å²) in [5.41, 5.74) is 0. The van der Waals surface area contributed by atoms with E-state index in [9.17, 15) is 4.79 Å². The lowest BCUT2D eigenvalue weighted by Gasteiger charge is -2.06. The van der Waals surface area contributed by atoms with Crippen molar-refractivity contribution in [3.05, 3.63) is 0 Å². The van der Waals surface area contributed by atoms with E-state index in [1.165, 1.54) is 0 Å². The second kappa shape index (κ2) is 3.02. The van der Waals surface area contributed by atoms with Crippen molar-refractivity contribution in [2.45, 2.75) is 6.92 Å². The van der Waals surface area contributed by atoms with E-state index in [-0.39, 0.29) is 17.6 Å². The van der Waals surface area contributed by atoms with Crippen molar-refractivity contribution in [3.8, 4) is 6.07 Å². The van der Waals surface area contributed by atoms with Gasteiger partial charge in [0.05, 0.1) is 12.0 Å². The third-order valence-corrected chi connectivity index (χ3v) is 2.19. The summed E-state index contributed by atoms with van der Waals surface area (Å²) in [6, 6.07) is 2.16. The number of ketones is 1. The molecule has 1 aliphatic rings. The Balaban J connectivity index is 2.67. The Labute approximate surface area is 66.6 Å². The highest BCUT2D eigenvalue weighted by Gasteiger charge is 2.33. The van der Waals surface area contributed by atoms with E-state index < -0.39 is 0 Å². The lowest BCUT2D eigenvalue weighted by Crippen LogP contribution is -2.19. The molecular formula is C8H12N2O. The predicted octanol–water partition coefficient (Wildman–Crippen LogP) is 0.277. The van der Waals surface area contributed by atoms with Crippen LogP contribution in [-0.2, 0) is 4.79 Å². The Bertz CT molecular complexity index is 207. The van der Waals surface area contributed by atoms with Crippen LogP contribution in [0.15, 0.2) is 0 Å². The number of hydrogen-bond acceptors (Lipinski definition) is 3. The van der Waals surface area contributed by atoms with Gasteiger partial charge in [0.1, 0.15) is 5.78 Å². The third kappa shape index (κ3) is 1.58. The monoisotopic (exact) mass is 152 g/mol. The van der Waals surface area contributed by atoms with Crippen LogP contribution in [0.3, 0.4) is 0 Å². The zero-order chi connectivity index (χ0) is 8.43. The summed E-state index contributed by atoms with van der Waals surface area (Å²) in [5, 5.41) is 8.67. The Morgan fingerprint density at radius 2 is 2.27 bits per heavy atom. The van der Waals surface area contributed by atoms with Crippen LogP contribution in [0.2, 0.25) is 0 Å². The molecule has 0 N–H and O–H groups in total. The molecule has 0 aromatic carbocycles. The molecule has 1 saturated heterocycles. The standard InChI is InChI=1S/C8H12N2O/c1-6(11)8-5-10(2)4-7(8)3-9/h7-8H,4-5H2,1-2H3. The largest absolute Gasteiger partial charge is 0.304 e. The maximum atomic E-state index is 11.0. The average Bonchev–Trinajstić information content (AvgIpc) is 2.30. The van der Waals surface area contributed by atoms with E-state index in [1.54, 1.807) is 6.92 Å². The summed E-state index contributed by atoms with van der Waals surface area (Å²) in [7, 11) is 1.94. The van der Waals surface area contributed by atoms with E-state index >= 15 is 0 Å². The molecule has 2 atom stereocenters. The van der Waals surface area contributed by atoms with E-state index in [2.05, 4.69) is 6.07 Å². The van der Waals surface area contributed by atoms with Gasteiger partial charge in [0.15, 0.2) is 0 Å². The first-order valence-electron chi connectivity index (χ1n) is 3.73. The Kier molecular flexibility index (Phi) is 2.25. The zero-order valence-electron chi connectivity index (χ0n) is 6.87. The fourth-order valence-corrected chi connectivity index (χ4v) is 1.54. The topological polar surface area (TPSA) is 44.1 Å². The van der Waals surface area contributed by atoms with Crippen LogP contribution in [0.5, 0.6) is 0 Å². The van der Waals surface area contributed by atoms with Crippen molar-refractivity contribution >= 4 is 5.78 Å². The highest BCUT2D eigenvalue weighted by Crippen LogP contribution is 2.21. The lowest BCUT2D eigenvalue weighted by molar-refractivity contribution is -0.120. The smallest absolute Gasteiger partial charge is 0.135 e. The summed E-state index contributed by atoms with van der Waals surface area (Å²) in [5.74, 6) is 0.00315. The minimum atomic E-state index is -0.0856. The SMILES string of the molecule is CC(=O)C1CN(C)CC1C#N. The van der Waals surface area contributed by atoms with Crippen molar-refractivity contribution in [1.29, 1.82) is 5.26 Å². The van der Waals surface area contributed by atoms with Gasteiger partial charge in [-0.05, 0) is 14.0 Å². The zero-order valence-corrected chi connectivity index (χ0v) is 6.87. The maximum Gasteiger partial charge on any atom is 0.135 e. The second-order valence-electron chi connectivity index (χ2n) is 3.17. The van der Waals surface area contributed by atoms with Crippen LogP contribution in [0.1, 0.15) is 6.92 Å². The summed E-state index contributed by atoms with van der Waals surface area (Å²) in [6.07, 6.45) is 0. The van der Waals surface area contributed by atoms with Gasteiger partial charge in [-0.25, -0.2) is 0 Å². The molecule has 3 nitrogen and oxygen atoms in total. The molecule has 60 valence electrons. The molecule has 0 bridgehead atoms. The number of rotatable bonds is 1. The summed E-state index contributed by atoms with van der Waals surface area (Å²) in [6.45, 7) is 3.04. The van der Waals surface area contributed by atoms with Gasteiger partial charge in [0.2, 0.25) is 0 Å². The molecular weight excluding hydrogens is 140 g/mol. The Hall–Kier alpha value is -0.880. The molecule has 1 aliphatic heterocycles. The number of Topliss-reactive ketones (excluding diaryl/α,β-unsaturated/α-hetero) is 1. The van der Waals surface area contributed by atoms with E-state index in [1.807, 2.05) is 11.9 Å². The molecule has 0 saturated carbocycles. The first kappa shape index (κ1) is 8.22. The van der Waals surface area contributed by atoms with Gasteiger partial charge in [0, 0.05) is 19.0 Å². The van der Waals surface area contributed by atoms with Gasteiger partial charge >= 0.3 is 0 Å². The van der Waals surface area contributed by atoms with Crippen LogP contribution in [-0.4, -0.2) is 30.8 Å². The maximum absolute atomic E-state index is 11.0. The lowest BCUT2D eigenvalue weighted by atomic mass is 9.94. The fourth-order valence-electron chi connectivity index (χ4n) is 1.54. The Morgan fingerprint density at radius 3 is 2.64 bits per heavy atom. The molecule has 2 unspecified atom stereocenters. The molecule has 0 aromatic heterocycles. The molecule has 0 amide bonds. The minimum absolute atomic E-state index is 0.0509. The molecule has 0 aliphatic carbocycles.